The second-order valence-electron chi connectivity index (χ2n) is 17.7. The number of hydrogen-bond donors (Lipinski definition) is 3. The summed E-state index contributed by atoms with van der Waals surface area (Å²) in [6, 6.07) is 27.0. The summed E-state index contributed by atoms with van der Waals surface area (Å²) in [4.78, 5) is 16.0. The van der Waals surface area contributed by atoms with Crippen molar-refractivity contribution in [3.63, 3.8) is 0 Å². The molecule has 57 heavy (non-hydrogen) atoms. The number of nitrogens with one attached hydrogen (secondary N) is 2. The third-order valence-electron chi connectivity index (χ3n) is 13.8. The van der Waals surface area contributed by atoms with E-state index < -0.39 is 15.5 Å². The number of nitrogens with zero attached hydrogens (tertiary/aromatic N) is 4. The van der Waals surface area contributed by atoms with Gasteiger partial charge in [-0.1, -0.05) is 49.6 Å². The van der Waals surface area contributed by atoms with E-state index in [9.17, 15) is 8.42 Å². The molecule has 4 N–H and O–H groups in total. The predicted molar refractivity (Wildman–Crippen MR) is 227 cm³/mol. The van der Waals surface area contributed by atoms with Crippen LogP contribution in [0.2, 0.25) is 0 Å². The van der Waals surface area contributed by atoms with E-state index in [0.717, 1.165) is 79.7 Å². The molecule has 2 aromatic heterocycles. The van der Waals surface area contributed by atoms with Crippen LogP contribution in [-0.4, -0.2) is 67.7 Å². The van der Waals surface area contributed by atoms with Crippen LogP contribution in [0.3, 0.4) is 0 Å². The molecule has 0 radical (unpaired) electrons. The lowest BCUT2D eigenvalue weighted by atomic mass is 9.60. The highest BCUT2D eigenvalue weighted by Gasteiger charge is 2.55. The minimum absolute atomic E-state index is 0.126. The molecular formula is C46H54FN7O2S. The number of likely N-dealkylation sites (tertiary alicyclic amines) is 1. The Hall–Kier alpha value is -4.61. The lowest BCUT2D eigenvalue weighted by Crippen LogP contribution is -2.66. The smallest absolute Gasteiger partial charge is 0.208 e. The first-order valence-electron chi connectivity index (χ1n) is 21.2. The Bertz CT molecular complexity index is 2380. The van der Waals surface area contributed by atoms with E-state index in [1.54, 1.807) is 18.2 Å². The maximum absolute atomic E-state index is 15.4. The highest BCUT2D eigenvalue weighted by molar-refractivity contribution is 7.91. The van der Waals surface area contributed by atoms with Crippen LogP contribution in [-0.2, 0) is 16.3 Å². The highest BCUT2D eigenvalue weighted by Crippen LogP contribution is 2.54. The van der Waals surface area contributed by atoms with Gasteiger partial charge in [-0.15, -0.1) is 0 Å². The molecule has 1 spiro atoms. The lowest BCUT2D eigenvalue weighted by Gasteiger charge is -2.62. The molecule has 3 aliphatic heterocycles. The van der Waals surface area contributed by atoms with E-state index in [-0.39, 0.29) is 16.3 Å². The summed E-state index contributed by atoms with van der Waals surface area (Å²) in [6.45, 7) is 3.97. The number of hydrogen-bond acceptors (Lipinski definition) is 8. The summed E-state index contributed by atoms with van der Waals surface area (Å²) >= 11 is 0. The number of rotatable bonds is 9. The molecule has 0 amide bonds. The summed E-state index contributed by atoms with van der Waals surface area (Å²) in [5, 5.41) is 4.19. The molecule has 1 atom stereocenters. The minimum Gasteiger partial charge on any atom is -0.397 e. The monoisotopic (exact) mass is 787 g/mol. The highest BCUT2D eigenvalue weighted by atomic mass is 32.2. The molecular weight excluding hydrogens is 734 g/mol. The summed E-state index contributed by atoms with van der Waals surface area (Å²) in [7, 11) is -4.02. The van der Waals surface area contributed by atoms with Crippen molar-refractivity contribution in [1.82, 2.24) is 14.9 Å². The van der Waals surface area contributed by atoms with Crippen LogP contribution in [0.4, 0.5) is 32.8 Å². The van der Waals surface area contributed by atoms with Crippen molar-refractivity contribution >= 4 is 49.3 Å². The van der Waals surface area contributed by atoms with Crippen LogP contribution in [0.1, 0.15) is 87.9 Å². The summed E-state index contributed by atoms with van der Waals surface area (Å²) in [5.41, 5.74) is 12.3. The van der Waals surface area contributed by atoms with Gasteiger partial charge in [0, 0.05) is 60.9 Å². The fourth-order valence-electron chi connectivity index (χ4n) is 10.7. The lowest BCUT2D eigenvalue weighted by molar-refractivity contribution is -0.0255. The van der Waals surface area contributed by atoms with Gasteiger partial charge in [0.25, 0.3) is 0 Å². The molecule has 0 bridgehead atoms. The fraction of sp³-hybridized carbons (Fsp3) is 0.457. The Morgan fingerprint density at radius 3 is 2.51 bits per heavy atom. The Morgan fingerprint density at radius 1 is 0.877 bits per heavy atom. The maximum Gasteiger partial charge on any atom is 0.208 e. The first-order valence-corrected chi connectivity index (χ1v) is 22.7. The van der Waals surface area contributed by atoms with Gasteiger partial charge >= 0.3 is 0 Å². The summed E-state index contributed by atoms with van der Waals surface area (Å²) in [5.74, 6) is 0. The third-order valence-corrected chi connectivity index (χ3v) is 15.6. The summed E-state index contributed by atoms with van der Waals surface area (Å²) < 4.78 is 45.0. The molecule has 5 heterocycles. The molecule has 5 aromatic rings. The number of fused-ring (bicyclic) bond motifs is 2. The number of benzene rings is 3. The van der Waals surface area contributed by atoms with Gasteiger partial charge in [-0.2, -0.15) is 0 Å². The van der Waals surface area contributed by atoms with Gasteiger partial charge in [0.2, 0.25) is 9.84 Å². The van der Waals surface area contributed by atoms with Crippen molar-refractivity contribution in [3.8, 4) is 0 Å². The van der Waals surface area contributed by atoms with Crippen molar-refractivity contribution in [2.45, 2.75) is 105 Å². The van der Waals surface area contributed by atoms with E-state index in [1.807, 2.05) is 18.3 Å². The van der Waals surface area contributed by atoms with Gasteiger partial charge in [0.1, 0.15) is 11.3 Å². The van der Waals surface area contributed by atoms with E-state index in [1.165, 1.54) is 43.9 Å². The van der Waals surface area contributed by atoms with Crippen molar-refractivity contribution < 1.29 is 12.8 Å². The Kier molecular flexibility index (Phi) is 9.24. The maximum atomic E-state index is 15.4. The van der Waals surface area contributed by atoms with Crippen LogP contribution in [0.5, 0.6) is 0 Å². The number of sulfone groups is 1. The summed E-state index contributed by atoms with van der Waals surface area (Å²) in [6.07, 6.45) is 13.4. The fourth-order valence-corrected chi connectivity index (χ4v) is 12.2. The standard InChI is InChI=1S/C46H54FN7O2S/c47-46(19-6-2-7-20-46)29-50-38-16-15-36(26-37(38)48)57(55,56)43-17-14-34(25-42(43)54-22-8-5-12-39-41(54)24-33-18-21-49-44(33)51-39)52-30-45(31-52)27-35(28-45)53-23-9-13-40(53)32-10-3-1-4-11-32/h1,3-4,10-11,14-18,21,24-26,35,40,50H,2,5-9,12-13,19-20,22-23,27-31,48H2,(H,49,51)/t40-/m0/s1. The second kappa shape index (κ2) is 14.3. The average Bonchev–Trinajstić information content (AvgIpc) is 3.82. The molecule has 2 saturated heterocycles. The number of nitrogen functional groups attached to an aromatic ring is 1. The number of aromatic nitrogens is 2. The largest absolute Gasteiger partial charge is 0.397 e. The van der Waals surface area contributed by atoms with Crippen LogP contribution >= 0.6 is 0 Å². The van der Waals surface area contributed by atoms with Gasteiger partial charge in [0.15, 0.2) is 0 Å². The molecule has 5 aliphatic rings. The average molecular weight is 788 g/mol. The molecule has 4 fully saturated rings. The van der Waals surface area contributed by atoms with Crippen molar-refractivity contribution in [2.24, 2.45) is 5.41 Å². The number of halogens is 1. The topological polar surface area (TPSA) is 111 Å². The zero-order valence-corrected chi connectivity index (χ0v) is 33.5. The van der Waals surface area contributed by atoms with E-state index in [0.29, 0.717) is 53.9 Å². The molecule has 3 aromatic carbocycles. The second-order valence-corrected chi connectivity index (χ2v) is 19.6. The molecule has 0 unspecified atom stereocenters. The normalized spacial score (nSPS) is 22.2. The quantitative estimate of drug-likeness (QED) is 0.127. The molecule has 2 saturated carbocycles. The van der Waals surface area contributed by atoms with Gasteiger partial charge in [0.05, 0.1) is 38.2 Å². The predicted octanol–water partition coefficient (Wildman–Crippen LogP) is 9.34. The Labute approximate surface area is 335 Å². The molecule has 298 valence electrons. The van der Waals surface area contributed by atoms with Gasteiger partial charge in [-0.3, -0.25) is 4.90 Å². The van der Waals surface area contributed by atoms with E-state index in [4.69, 9.17) is 10.7 Å². The number of nitrogens with two attached hydrogens (primary N) is 1. The number of pyridine rings is 1. The SMILES string of the molecule is Nc1cc(S(=O)(=O)c2ccc(N3CC4(CC(N5CCC[C@H]5c5ccccc5)C4)C3)cc2N2CCCCc3nc4[nH]ccc4cc32)ccc1NCC1(F)CCCCC1. The molecule has 2 aliphatic carbocycles. The number of anilines is 5. The minimum atomic E-state index is -4.02. The van der Waals surface area contributed by atoms with Gasteiger partial charge < -0.3 is 25.8 Å². The number of alkyl halides is 1. The zero-order valence-electron chi connectivity index (χ0n) is 32.7. The van der Waals surface area contributed by atoms with Crippen LogP contribution < -0.4 is 20.9 Å². The van der Waals surface area contributed by atoms with E-state index >= 15 is 4.39 Å². The Balaban J connectivity index is 0.940. The first kappa shape index (κ1) is 36.7. The van der Waals surface area contributed by atoms with E-state index in [2.05, 4.69) is 67.5 Å². The Morgan fingerprint density at radius 2 is 1.70 bits per heavy atom. The number of aromatic amines is 1. The molecule has 11 heteroatoms. The number of H-pyrrole nitrogens is 1. The van der Waals surface area contributed by atoms with Crippen LogP contribution in [0.25, 0.3) is 11.0 Å². The number of aryl methyl sites for hydroxylation is 1. The first-order chi connectivity index (χ1) is 27.7. The van der Waals surface area contributed by atoms with Gasteiger partial charge in [-0.05, 0) is 118 Å². The van der Waals surface area contributed by atoms with Crippen molar-refractivity contribution in [2.75, 3.05) is 53.6 Å². The van der Waals surface area contributed by atoms with Crippen molar-refractivity contribution in [3.05, 3.63) is 96.3 Å². The molecule has 10 rings (SSSR count). The third kappa shape index (κ3) is 6.74. The van der Waals surface area contributed by atoms with Crippen LogP contribution in [0.15, 0.2) is 94.9 Å². The van der Waals surface area contributed by atoms with Gasteiger partial charge in [-0.25, -0.2) is 17.8 Å². The van der Waals surface area contributed by atoms with Crippen LogP contribution in [0, 0.1) is 5.41 Å². The zero-order chi connectivity index (χ0) is 38.8. The van der Waals surface area contributed by atoms with Crippen molar-refractivity contribution in [1.29, 1.82) is 0 Å². The molecule has 9 nitrogen and oxygen atoms in total.